The number of ether oxygens (including phenoxy) is 1. The minimum atomic E-state index is -3.99. The van der Waals surface area contributed by atoms with Crippen LogP contribution in [-0.4, -0.2) is 34.4 Å². The molecule has 0 aliphatic heterocycles. The summed E-state index contributed by atoms with van der Waals surface area (Å²) in [6.07, 6.45) is -0.0642. The Kier molecular flexibility index (Phi) is 7.25. The predicted octanol–water partition coefficient (Wildman–Crippen LogP) is 3.45. The van der Waals surface area contributed by atoms with Crippen molar-refractivity contribution in [2.24, 2.45) is 5.73 Å². The van der Waals surface area contributed by atoms with Gasteiger partial charge in [-0.25, -0.2) is 8.42 Å². The zero-order chi connectivity index (χ0) is 24.2. The first-order chi connectivity index (χ1) is 15.6. The molecule has 0 bridgehead atoms. The van der Waals surface area contributed by atoms with Crippen LogP contribution in [0.1, 0.15) is 15.9 Å². The minimum Gasteiger partial charge on any atom is -0.497 e. The summed E-state index contributed by atoms with van der Waals surface area (Å²) in [5, 5.41) is 2.75. The molecular formula is C23H22ClN3O5S. The summed E-state index contributed by atoms with van der Waals surface area (Å²) in [7, 11) is -1.06. The summed E-state index contributed by atoms with van der Waals surface area (Å²) in [4.78, 5) is 24.1. The van der Waals surface area contributed by atoms with Crippen LogP contribution in [0.5, 0.6) is 5.75 Å². The van der Waals surface area contributed by atoms with Crippen molar-refractivity contribution in [3.05, 3.63) is 82.9 Å². The number of primary amides is 1. The normalized spacial score (nSPS) is 11.0. The first kappa shape index (κ1) is 24.1. The molecule has 3 aromatic rings. The van der Waals surface area contributed by atoms with Crippen LogP contribution in [0.15, 0.2) is 71.6 Å². The molecule has 10 heteroatoms. The van der Waals surface area contributed by atoms with E-state index in [1.54, 1.807) is 48.5 Å². The van der Waals surface area contributed by atoms with Crippen molar-refractivity contribution in [1.82, 2.24) is 0 Å². The number of para-hydroxylation sites is 1. The van der Waals surface area contributed by atoms with E-state index < -0.39 is 21.8 Å². The van der Waals surface area contributed by atoms with Crippen molar-refractivity contribution in [2.45, 2.75) is 11.3 Å². The largest absolute Gasteiger partial charge is 0.497 e. The Morgan fingerprint density at radius 1 is 1.06 bits per heavy atom. The van der Waals surface area contributed by atoms with Gasteiger partial charge in [0.15, 0.2) is 0 Å². The average Bonchev–Trinajstić information content (AvgIpc) is 2.79. The van der Waals surface area contributed by atoms with Crippen LogP contribution in [0, 0.1) is 0 Å². The molecule has 3 aromatic carbocycles. The number of sulfonamides is 1. The lowest BCUT2D eigenvalue weighted by Gasteiger charge is -2.20. The second-order valence-corrected chi connectivity index (χ2v) is 9.44. The van der Waals surface area contributed by atoms with E-state index in [-0.39, 0.29) is 21.9 Å². The van der Waals surface area contributed by atoms with Crippen molar-refractivity contribution in [3.8, 4) is 5.75 Å². The Labute approximate surface area is 197 Å². The second kappa shape index (κ2) is 9.93. The fraction of sp³-hybridized carbons (Fsp3) is 0.130. The number of anilines is 2. The Hall–Kier alpha value is -3.56. The lowest BCUT2D eigenvalue weighted by Crippen LogP contribution is -2.27. The predicted molar refractivity (Wildman–Crippen MR) is 127 cm³/mol. The molecule has 8 nitrogen and oxygen atoms in total. The molecule has 0 radical (unpaired) electrons. The number of nitrogens with two attached hydrogens (primary N) is 1. The van der Waals surface area contributed by atoms with Crippen molar-refractivity contribution < 1.29 is 22.7 Å². The molecule has 0 heterocycles. The van der Waals surface area contributed by atoms with Gasteiger partial charge in [-0.1, -0.05) is 29.8 Å². The molecule has 0 aromatic heterocycles. The number of carbonyl (C=O) groups is 2. The molecule has 0 aliphatic rings. The minimum absolute atomic E-state index is 0.0326. The Balaban J connectivity index is 1.91. The first-order valence-corrected chi connectivity index (χ1v) is 11.6. The SMILES string of the molecule is COc1ccc(N(C)S(=O)(=O)c2ccc(Cl)c(C(=O)Nc3ccccc3CC(N)=O)c2)cc1. The summed E-state index contributed by atoms with van der Waals surface area (Å²) in [6.45, 7) is 0. The third kappa shape index (κ3) is 5.44. The molecule has 172 valence electrons. The number of nitrogens with one attached hydrogen (secondary N) is 1. The number of methoxy groups -OCH3 is 1. The van der Waals surface area contributed by atoms with E-state index in [0.29, 0.717) is 22.7 Å². The number of nitrogens with zero attached hydrogens (tertiary/aromatic N) is 1. The van der Waals surface area contributed by atoms with Crippen molar-refractivity contribution in [1.29, 1.82) is 0 Å². The Morgan fingerprint density at radius 3 is 2.36 bits per heavy atom. The maximum absolute atomic E-state index is 13.2. The summed E-state index contributed by atoms with van der Waals surface area (Å²) < 4.78 is 32.5. The van der Waals surface area contributed by atoms with Gasteiger partial charge in [-0.2, -0.15) is 0 Å². The number of hydrogen-bond acceptors (Lipinski definition) is 5. The maximum atomic E-state index is 13.2. The van der Waals surface area contributed by atoms with E-state index in [0.717, 1.165) is 4.31 Å². The zero-order valence-corrected chi connectivity index (χ0v) is 19.5. The number of hydrogen-bond donors (Lipinski definition) is 2. The van der Waals surface area contributed by atoms with Gasteiger partial charge in [0, 0.05) is 12.7 Å². The van der Waals surface area contributed by atoms with E-state index in [1.165, 1.54) is 32.4 Å². The van der Waals surface area contributed by atoms with Crippen LogP contribution in [0.2, 0.25) is 5.02 Å². The Bertz CT molecular complexity index is 1290. The van der Waals surface area contributed by atoms with Crippen LogP contribution in [0.4, 0.5) is 11.4 Å². The molecule has 3 rings (SSSR count). The highest BCUT2D eigenvalue weighted by atomic mass is 35.5. The van der Waals surface area contributed by atoms with E-state index in [4.69, 9.17) is 22.1 Å². The summed E-state index contributed by atoms with van der Waals surface area (Å²) >= 11 is 6.20. The number of halogens is 1. The van der Waals surface area contributed by atoms with E-state index in [9.17, 15) is 18.0 Å². The van der Waals surface area contributed by atoms with Gasteiger partial charge in [0.05, 0.1) is 34.7 Å². The first-order valence-electron chi connectivity index (χ1n) is 9.73. The van der Waals surface area contributed by atoms with Gasteiger partial charge in [0.1, 0.15) is 5.75 Å². The lowest BCUT2D eigenvalue weighted by molar-refractivity contribution is -0.117. The molecule has 33 heavy (non-hydrogen) atoms. The fourth-order valence-corrected chi connectivity index (χ4v) is 4.53. The Morgan fingerprint density at radius 2 is 1.73 bits per heavy atom. The second-order valence-electron chi connectivity index (χ2n) is 7.07. The summed E-state index contributed by atoms with van der Waals surface area (Å²) in [5.74, 6) is -0.586. The highest BCUT2D eigenvalue weighted by molar-refractivity contribution is 7.92. The van der Waals surface area contributed by atoms with Gasteiger partial charge in [0.2, 0.25) is 5.91 Å². The van der Waals surface area contributed by atoms with Crippen molar-refractivity contribution in [3.63, 3.8) is 0 Å². The monoisotopic (exact) mass is 487 g/mol. The van der Waals surface area contributed by atoms with Gasteiger partial charge in [-0.15, -0.1) is 0 Å². The van der Waals surface area contributed by atoms with Crippen molar-refractivity contribution in [2.75, 3.05) is 23.8 Å². The number of carbonyl (C=O) groups excluding carboxylic acids is 2. The molecule has 3 N–H and O–H groups in total. The van der Waals surface area contributed by atoms with Crippen molar-refractivity contribution >= 4 is 44.8 Å². The molecule has 0 unspecified atom stereocenters. The number of rotatable bonds is 8. The van der Waals surface area contributed by atoms with Gasteiger partial charge in [-0.05, 0) is 54.1 Å². The smallest absolute Gasteiger partial charge is 0.264 e. The highest BCUT2D eigenvalue weighted by Crippen LogP contribution is 2.28. The number of amides is 2. The van der Waals surface area contributed by atoms with E-state index in [2.05, 4.69) is 5.32 Å². The molecule has 0 fully saturated rings. The van der Waals surface area contributed by atoms with Gasteiger partial charge >= 0.3 is 0 Å². The lowest BCUT2D eigenvalue weighted by atomic mass is 10.1. The maximum Gasteiger partial charge on any atom is 0.264 e. The summed E-state index contributed by atoms with van der Waals surface area (Å²) in [6, 6.07) is 17.1. The molecular weight excluding hydrogens is 466 g/mol. The standard InChI is InChI=1S/C23H22ClN3O5S/c1-27(16-7-9-17(32-2)10-8-16)33(30,31)18-11-12-20(24)19(14-18)23(29)26-21-6-4-3-5-15(21)13-22(25)28/h3-12,14H,13H2,1-2H3,(H2,25,28)(H,26,29). The highest BCUT2D eigenvalue weighted by Gasteiger charge is 2.24. The molecule has 0 aliphatic carbocycles. The average molecular weight is 488 g/mol. The quantitative estimate of drug-likeness (QED) is 0.504. The third-order valence-electron chi connectivity index (χ3n) is 4.91. The molecule has 0 saturated heterocycles. The van der Waals surface area contributed by atoms with Gasteiger partial charge in [0.25, 0.3) is 15.9 Å². The molecule has 2 amide bonds. The van der Waals surface area contributed by atoms with Crippen LogP contribution in [-0.2, 0) is 21.2 Å². The molecule has 0 saturated carbocycles. The van der Waals surface area contributed by atoms with Crippen LogP contribution >= 0.6 is 11.6 Å². The zero-order valence-electron chi connectivity index (χ0n) is 17.9. The van der Waals surface area contributed by atoms with E-state index >= 15 is 0 Å². The van der Waals surface area contributed by atoms with E-state index in [1.807, 2.05) is 0 Å². The molecule has 0 spiro atoms. The fourth-order valence-electron chi connectivity index (χ4n) is 3.10. The topological polar surface area (TPSA) is 119 Å². The number of benzene rings is 3. The summed E-state index contributed by atoms with van der Waals surface area (Å²) in [5.41, 5.74) is 6.55. The van der Waals surface area contributed by atoms with Crippen LogP contribution < -0.4 is 20.1 Å². The van der Waals surface area contributed by atoms with Gasteiger partial charge in [-0.3, -0.25) is 13.9 Å². The molecule has 0 atom stereocenters. The van der Waals surface area contributed by atoms with Crippen LogP contribution in [0.25, 0.3) is 0 Å². The van der Waals surface area contributed by atoms with Gasteiger partial charge < -0.3 is 15.8 Å². The van der Waals surface area contributed by atoms with Crippen LogP contribution in [0.3, 0.4) is 0 Å². The third-order valence-corrected chi connectivity index (χ3v) is 7.02.